The van der Waals surface area contributed by atoms with Gasteiger partial charge in [-0.2, -0.15) is 20.1 Å². The number of methoxy groups -OCH3 is 1. The van der Waals surface area contributed by atoms with Crippen LogP contribution in [0, 0.1) is 6.92 Å². The quantitative estimate of drug-likeness (QED) is 0.897. The van der Waals surface area contributed by atoms with Crippen LogP contribution in [-0.4, -0.2) is 31.8 Å². The molecule has 0 aromatic carbocycles. The molecule has 0 aliphatic heterocycles. The van der Waals surface area contributed by atoms with E-state index in [1.807, 2.05) is 14.0 Å². The third-order valence-corrected chi connectivity index (χ3v) is 2.71. The average molecular weight is 269 g/mol. The summed E-state index contributed by atoms with van der Waals surface area (Å²) in [6.07, 6.45) is 1.79. The molecule has 2 heterocycles. The second-order valence-corrected chi connectivity index (χ2v) is 3.99. The fraction of sp³-hybridized carbons (Fsp3) is 0.400. The molecule has 0 radical (unpaired) electrons. The van der Waals surface area contributed by atoms with Gasteiger partial charge < -0.3 is 10.1 Å². The zero-order valence-electron chi connectivity index (χ0n) is 10.3. The lowest BCUT2D eigenvalue weighted by molar-refractivity contribution is 0.379. The first-order valence-corrected chi connectivity index (χ1v) is 5.65. The van der Waals surface area contributed by atoms with Gasteiger partial charge in [-0.1, -0.05) is 0 Å². The van der Waals surface area contributed by atoms with E-state index in [1.165, 1.54) is 7.11 Å². The van der Waals surface area contributed by atoms with Gasteiger partial charge in [-0.15, -0.1) is 0 Å². The van der Waals surface area contributed by atoms with Crippen LogP contribution in [0.2, 0.25) is 5.28 Å². The number of rotatable bonds is 4. The van der Waals surface area contributed by atoms with Crippen LogP contribution in [0.25, 0.3) is 0 Å². The Morgan fingerprint density at radius 3 is 2.78 bits per heavy atom. The molecule has 0 spiro atoms. The molecule has 0 aliphatic rings. The Labute approximate surface area is 109 Å². The van der Waals surface area contributed by atoms with Gasteiger partial charge in [-0.3, -0.25) is 4.68 Å². The lowest BCUT2D eigenvalue weighted by atomic mass is 10.2. The maximum absolute atomic E-state index is 5.75. The Kier molecular flexibility index (Phi) is 3.61. The van der Waals surface area contributed by atoms with Gasteiger partial charge in [0.2, 0.25) is 11.2 Å². The van der Waals surface area contributed by atoms with Crippen LogP contribution in [0.4, 0.5) is 5.95 Å². The molecule has 2 aromatic heterocycles. The Balaban J connectivity index is 2.10. The Bertz CT molecular complexity index is 555. The molecule has 0 atom stereocenters. The first-order valence-electron chi connectivity index (χ1n) is 5.27. The number of halogens is 1. The summed E-state index contributed by atoms with van der Waals surface area (Å²) in [6, 6.07) is 0.181. The first-order chi connectivity index (χ1) is 8.60. The van der Waals surface area contributed by atoms with E-state index < -0.39 is 0 Å². The van der Waals surface area contributed by atoms with Crippen LogP contribution < -0.4 is 10.1 Å². The van der Waals surface area contributed by atoms with Crippen molar-refractivity contribution in [3.8, 4) is 6.01 Å². The van der Waals surface area contributed by atoms with Crippen molar-refractivity contribution in [1.29, 1.82) is 0 Å². The summed E-state index contributed by atoms with van der Waals surface area (Å²) in [4.78, 5) is 11.8. The summed E-state index contributed by atoms with van der Waals surface area (Å²) in [5.41, 5.74) is 2.14. The smallest absolute Gasteiger partial charge is 0.322 e. The Morgan fingerprint density at radius 2 is 2.17 bits per heavy atom. The first kappa shape index (κ1) is 12.6. The van der Waals surface area contributed by atoms with Crippen LogP contribution in [0.1, 0.15) is 11.3 Å². The standard InChI is InChI=1S/C10H13ClN6O/c1-6-7(5-13-17(6)2)4-12-9-14-8(11)15-10(16-9)18-3/h5H,4H2,1-3H3,(H,12,14,15,16). The van der Waals surface area contributed by atoms with Gasteiger partial charge in [-0.05, 0) is 18.5 Å². The number of nitrogens with one attached hydrogen (secondary N) is 1. The van der Waals surface area contributed by atoms with Gasteiger partial charge in [-0.25, -0.2) is 0 Å². The van der Waals surface area contributed by atoms with Gasteiger partial charge in [0.15, 0.2) is 0 Å². The Hall–Kier alpha value is -1.89. The van der Waals surface area contributed by atoms with Crippen molar-refractivity contribution in [3.63, 3.8) is 0 Å². The molecule has 0 unspecified atom stereocenters. The zero-order chi connectivity index (χ0) is 13.1. The Morgan fingerprint density at radius 1 is 1.39 bits per heavy atom. The van der Waals surface area contributed by atoms with Crippen LogP contribution in [0.15, 0.2) is 6.20 Å². The van der Waals surface area contributed by atoms with Crippen LogP contribution in [0.3, 0.4) is 0 Å². The minimum Gasteiger partial charge on any atom is -0.467 e. The van der Waals surface area contributed by atoms with Crippen molar-refractivity contribution < 1.29 is 4.74 Å². The predicted octanol–water partition coefficient (Wildman–Crippen LogP) is 1.19. The molecule has 1 N–H and O–H groups in total. The maximum atomic E-state index is 5.75. The molecule has 0 fully saturated rings. The summed E-state index contributed by atoms with van der Waals surface area (Å²) < 4.78 is 6.72. The number of aryl methyl sites for hydroxylation is 1. The lowest BCUT2D eigenvalue weighted by Crippen LogP contribution is -2.06. The summed E-state index contributed by atoms with van der Waals surface area (Å²) in [5, 5.41) is 7.29. The molecule has 0 amide bonds. The molecule has 2 rings (SSSR count). The summed E-state index contributed by atoms with van der Waals surface area (Å²) in [7, 11) is 3.36. The van der Waals surface area contributed by atoms with Gasteiger partial charge in [0.25, 0.3) is 0 Å². The highest BCUT2D eigenvalue weighted by molar-refractivity contribution is 6.28. The van der Waals surface area contributed by atoms with E-state index in [-0.39, 0.29) is 11.3 Å². The minimum absolute atomic E-state index is 0.0901. The van der Waals surface area contributed by atoms with Gasteiger partial charge in [0, 0.05) is 24.8 Å². The molecular formula is C10H13ClN6O. The van der Waals surface area contributed by atoms with E-state index in [0.29, 0.717) is 12.5 Å². The molecule has 0 aliphatic carbocycles. The van der Waals surface area contributed by atoms with E-state index >= 15 is 0 Å². The molecular weight excluding hydrogens is 256 g/mol. The minimum atomic E-state index is 0.0901. The predicted molar refractivity (Wildman–Crippen MR) is 66.7 cm³/mol. The van der Waals surface area contributed by atoms with Crippen molar-refractivity contribution >= 4 is 17.5 Å². The van der Waals surface area contributed by atoms with Crippen molar-refractivity contribution in [2.24, 2.45) is 7.05 Å². The molecule has 2 aromatic rings. The van der Waals surface area contributed by atoms with E-state index in [2.05, 4.69) is 25.4 Å². The lowest BCUT2D eigenvalue weighted by Gasteiger charge is -2.05. The van der Waals surface area contributed by atoms with E-state index in [1.54, 1.807) is 10.9 Å². The fourth-order valence-corrected chi connectivity index (χ4v) is 1.55. The zero-order valence-corrected chi connectivity index (χ0v) is 11.1. The molecule has 0 bridgehead atoms. The number of nitrogens with zero attached hydrogens (tertiary/aromatic N) is 5. The van der Waals surface area contributed by atoms with Crippen molar-refractivity contribution in [3.05, 3.63) is 22.7 Å². The van der Waals surface area contributed by atoms with Crippen LogP contribution in [0.5, 0.6) is 6.01 Å². The van der Waals surface area contributed by atoms with Crippen molar-refractivity contribution in [1.82, 2.24) is 24.7 Å². The molecule has 0 saturated heterocycles. The van der Waals surface area contributed by atoms with E-state index in [4.69, 9.17) is 16.3 Å². The molecule has 0 saturated carbocycles. The van der Waals surface area contributed by atoms with Gasteiger partial charge >= 0.3 is 6.01 Å². The third-order valence-electron chi connectivity index (χ3n) is 2.54. The number of ether oxygens (including phenoxy) is 1. The average Bonchev–Trinajstić information content (AvgIpc) is 2.67. The third kappa shape index (κ3) is 2.67. The monoisotopic (exact) mass is 268 g/mol. The summed E-state index contributed by atoms with van der Waals surface area (Å²) in [5.74, 6) is 0.370. The number of hydrogen-bond acceptors (Lipinski definition) is 6. The number of hydrogen-bond donors (Lipinski definition) is 1. The summed E-state index contributed by atoms with van der Waals surface area (Å²) >= 11 is 5.75. The summed E-state index contributed by atoms with van der Waals surface area (Å²) in [6.45, 7) is 2.55. The maximum Gasteiger partial charge on any atom is 0.322 e. The van der Waals surface area contributed by atoms with E-state index in [0.717, 1.165) is 11.3 Å². The largest absolute Gasteiger partial charge is 0.467 e. The topological polar surface area (TPSA) is 77.8 Å². The van der Waals surface area contributed by atoms with Crippen molar-refractivity contribution in [2.45, 2.75) is 13.5 Å². The van der Waals surface area contributed by atoms with Gasteiger partial charge in [0.05, 0.1) is 13.3 Å². The molecule has 8 heteroatoms. The van der Waals surface area contributed by atoms with Crippen LogP contribution in [-0.2, 0) is 13.6 Å². The molecule has 18 heavy (non-hydrogen) atoms. The van der Waals surface area contributed by atoms with Crippen LogP contribution >= 0.6 is 11.6 Å². The highest BCUT2D eigenvalue weighted by Gasteiger charge is 2.07. The highest BCUT2D eigenvalue weighted by atomic mass is 35.5. The second kappa shape index (κ2) is 5.18. The number of anilines is 1. The molecule has 7 nitrogen and oxygen atoms in total. The SMILES string of the molecule is COc1nc(Cl)nc(NCc2cnn(C)c2C)n1. The number of aromatic nitrogens is 5. The molecule has 96 valence electrons. The second-order valence-electron chi connectivity index (χ2n) is 3.65. The van der Waals surface area contributed by atoms with Crippen molar-refractivity contribution in [2.75, 3.05) is 12.4 Å². The highest BCUT2D eigenvalue weighted by Crippen LogP contribution is 2.12. The van der Waals surface area contributed by atoms with Gasteiger partial charge in [0.1, 0.15) is 0 Å². The van der Waals surface area contributed by atoms with E-state index in [9.17, 15) is 0 Å². The fourth-order valence-electron chi connectivity index (χ4n) is 1.39. The normalized spacial score (nSPS) is 10.4.